The van der Waals surface area contributed by atoms with Gasteiger partial charge in [-0.3, -0.25) is 0 Å². The summed E-state index contributed by atoms with van der Waals surface area (Å²) in [5.74, 6) is 1.00. The Balaban J connectivity index is 2.00. The minimum Gasteiger partial charge on any atom is -0.366 e. The van der Waals surface area contributed by atoms with Gasteiger partial charge >= 0.3 is 0 Å². The number of hydrogen-bond acceptors (Lipinski definition) is 4. The van der Waals surface area contributed by atoms with Gasteiger partial charge in [0, 0.05) is 13.1 Å². The van der Waals surface area contributed by atoms with Crippen LogP contribution in [0.3, 0.4) is 0 Å². The molecule has 1 fully saturated rings. The summed E-state index contributed by atoms with van der Waals surface area (Å²) in [6.07, 6.45) is 1.22. The first-order chi connectivity index (χ1) is 6.65. The molecule has 0 saturated carbocycles. The molecule has 78 valence electrons. The normalized spacial score (nSPS) is 23.1. The molecule has 0 aliphatic carbocycles. The summed E-state index contributed by atoms with van der Waals surface area (Å²) < 4.78 is 2.56. The van der Waals surface area contributed by atoms with E-state index in [1.807, 2.05) is 4.68 Å². The Kier molecular flexibility index (Phi) is 2.73. The van der Waals surface area contributed by atoms with Gasteiger partial charge in [0.1, 0.15) is 0 Å². The van der Waals surface area contributed by atoms with Crippen LogP contribution in [0.5, 0.6) is 0 Å². The Morgan fingerprint density at radius 1 is 1.64 bits per heavy atom. The largest absolute Gasteiger partial charge is 0.366 e. The molecular formula is C8H14BrN5. The maximum absolute atomic E-state index is 5.50. The molecule has 1 saturated heterocycles. The molecule has 0 radical (unpaired) electrons. The van der Waals surface area contributed by atoms with Gasteiger partial charge < -0.3 is 10.6 Å². The van der Waals surface area contributed by atoms with Crippen molar-refractivity contribution in [3.8, 4) is 0 Å². The van der Waals surface area contributed by atoms with Crippen LogP contribution in [0.15, 0.2) is 4.73 Å². The highest BCUT2D eigenvalue weighted by Crippen LogP contribution is 2.18. The Hall–Kier alpha value is -0.620. The monoisotopic (exact) mass is 259 g/mol. The lowest BCUT2D eigenvalue weighted by molar-refractivity contribution is 0.368. The van der Waals surface area contributed by atoms with E-state index in [9.17, 15) is 0 Å². The quantitative estimate of drug-likeness (QED) is 0.844. The molecule has 1 atom stereocenters. The number of anilines is 1. The molecule has 1 aliphatic heterocycles. The SMILES string of the molecule is CN1CCC(Cn2nc(N)nc2Br)C1. The molecule has 6 heteroatoms. The maximum atomic E-state index is 5.50. The third-order valence-corrected chi connectivity index (χ3v) is 3.15. The number of aromatic nitrogens is 3. The molecule has 0 spiro atoms. The molecule has 1 aliphatic rings. The first kappa shape index (κ1) is 9.92. The summed E-state index contributed by atoms with van der Waals surface area (Å²) in [5, 5.41) is 4.12. The van der Waals surface area contributed by atoms with Crippen LogP contribution < -0.4 is 5.73 Å². The van der Waals surface area contributed by atoms with Gasteiger partial charge in [0.25, 0.3) is 0 Å². The van der Waals surface area contributed by atoms with Crippen molar-refractivity contribution in [2.75, 3.05) is 25.9 Å². The molecule has 1 aromatic rings. The first-order valence-electron chi connectivity index (χ1n) is 4.69. The predicted octanol–water partition coefficient (Wildman–Crippen LogP) is 0.575. The molecule has 2 heterocycles. The van der Waals surface area contributed by atoms with E-state index in [0.717, 1.165) is 17.8 Å². The zero-order chi connectivity index (χ0) is 10.1. The molecule has 0 amide bonds. The van der Waals surface area contributed by atoms with Crippen LogP contribution in [0.2, 0.25) is 0 Å². The van der Waals surface area contributed by atoms with E-state index in [0.29, 0.717) is 11.9 Å². The van der Waals surface area contributed by atoms with Gasteiger partial charge in [-0.25, -0.2) is 4.68 Å². The smallest absolute Gasteiger partial charge is 0.240 e. The van der Waals surface area contributed by atoms with Gasteiger partial charge in [-0.15, -0.1) is 5.10 Å². The topological polar surface area (TPSA) is 60.0 Å². The van der Waals surface area contributed by atoms with Crippen LogP contribution >= 0.6 is 15.9 Å². The average molecular weight is 260 g/mol. The Morgan fingerprint density at radius 2 is 2.43 bits per heavy atom. The maximum Gasteiger partial charge on any atom is 0.240 e. The van der Waals surface area contributed by atoms with E-state index in [1.54, 1.807) is 0 Å². The third kappa shape index (κ3) is 2.06. The van der Waals surface area contributed by atoms with E-state index in [2.05, 4.69) is 38.0 Å². The van der Waals surface area contributed by atoms with Gasteiger partial charge in [-0.2, -0.15) is 4.98 Å². The lowest BCUT2D eigenvalue weighted by Gasteiger charge is -2.10. The van der Waals surface area contributed by atoms with E-state index in [4.69, 9.17) is 5.73 Å². The number of nitrogens with zero attached hydrogens (tertiary/aromatic N) is 4. The summed E-state index contributed by atoms with van der Waals surface area (Å²) in [6.45, 7) is 3.20. The molecular weight excluding hydrogens is 246 g/mol. The van der Waals surface area contributed by atoms with Crippen LogP contribution in [0, 0.1) is 5.92 Å². The lowest BCUT2D eigenvalue weighted by atomic mass is 10.1. The highest BCUT2D eigenvalue weighted by molar-refractivity contribution is 9.10. The average Bonchev–Trinajstić information content (AvgIpc) is 2.61. The zero-order valence-corrected chi connectivity index (χ0v) is 9.74. The molecule has 2 rings (SSSR count). The second kappa shape index (κ2) is 3.86. The van der Waals surface area contributed by atoms with Crippen LogP contribution in [-0.4, -0.2) is 39.8 Å². The number of nitrogens with two attached hydrogens (primary N) is 1. The van der Waals surface area contributed by atoms with Crippen molar-refractivity contribution < 1.29 is 0 Å². The minimum atomic E-state index is 0.336. The van der Waals surface area contributed by atoms with Crippen molar-refractivity contribution in [3.05, 3.63) is 4.73 Å². The second-order valence-corrected chi connectivity index (χ2v) is 4.55. The van der Waals surface area contributed by atoms with Crippen molar-refractivity contribution in [1.29, 1.82) is 0 Å². The zero-order valence-electron chi connectivity index (χ0n) is 8.15. The fourth-order valence-corrected chi connectivity index (χ4v) is 2.28. The van der Waals surface area contributed by atoms with Gasteiger partial charge in [0.15, 0.2) is 4.73 Å². The van der Waals surface area contributed by atoms with Crippen LogP contribution in [0.4, 0.5) is 5.95 Å². The summed E-state index contributed by atoms with van der Waals surface area (Å²) >= 11 is 3.34. The highest BCUT2D eigenvalue weighted by atomic mass is 79.9. The lowest BCUT2D eigenvalue weighted by Crippen LogP contribution is -2.17. The molecule has 14 heavy (non-hydrogen) atoms. The number of halogens is 1. The second-order valence-electron chi connectivity index (χ2n) is 3.84. The van der Waals surface area contributed by atoms with Gasteiger partial charge in [0.2, 0.25) is 5.95 Å². The fourth-order valence-electron chi connectivity index (χ4n) is 1.88. The minimum absolute atomic E-state index is 0.336. The van der Waals surface area contributed by atoms with E-state index in [1.165, 1.54) is 13.0 Å². The molecule has 1 unspecified atom stereocenters. The highest BCUT2D eigenvalue weighted by Gasteiger charge is 2.21. The number of likely N-dealkylation sites (tertiary alicyclic amines) is 1. The van der Waals surface area contributed by atoms with Crippen molar-refractivity contribution in [2.45, 2.75) is 13.0 Å². The Morgan fingerprint density at radius 3 is 2.93 bits per heavy atom. The summed E-state index contributed by atoms with van der Waals surface area (Å²) in [5.41, 5.74) is 5.50. The van der Waals surface area contributed by atoms with Crippen LogP contribution in [0.1, 0.15) is 6.42 Å². The van der Waals surface area contributed by atoms with Gasteiger partial charge in [-0.05, 0) is 41.9 Å². The standard InChI is InChI=1S/C8H14BrN5/c1-13-3-2-6(4-13)5-14-7(9)11-8(10)12-14/h6H,2-5H2,1H3,(H2,10,12). The van der Waals surface area contributed by atoms with E-state index < -0.39 is 0 Å². The number of hydrogen-bond donors (Lipinski definition) is 1. The van der Waals surface area contributed by atoms with E-state index in [-0.39, 0.29) is 0 Å². The predicted molar refractivity (Wildman–Crippen MR) is 57.7 cm³/mol. The molecule has 5 nitrogen and oxygen atoms in total. The van der Waals surface area contributed by atoms with Crippen molar-refractivity contribution in [2.24, 2.45) is 5.92 Å². The van der Waals surface area contributed by atoms with Crippen molar-refractivity contribution in [3.63, 3.8) is 0 Å². The summed E-state index contributed by atoms with van der Waals surface area (Å²) in [4.78, 5) is 6.34. The number of rotatable bonds is 2. The van der Waals surface area contributed by atoms with Gasteiger partial charge in [-0.1, -0.05) is 0 Å². The Labute approximate surface area is 91.4 Å². The number of nitrogen functional groups attached to an aromatic ring is 1. The molecule has 1 aromatic heterocycles. The van der Waals surface area contributed by atoms with E-state index >= 15 is 0 Å². The first-order valence-corrected chi connectivity index (χ1v) is 5.49. The van der Waals surface area contributed by atoms with Crippen LogP contribution in [-0.2, 0) is 6.54 Å². The third-order valence-electron chi connectivity index (χ3n) is 2.56. The summed E-state index contributed by atoms with van der Waals surface area (Å²) in [7, 11) is 2.14. The molecule has 2 N–H and O–H groups in total. The summed E-state index contributed by atoms with van der Waals surface area (Å²) in [6, 6.07) is 0. The molecule has 0 aromatic carbocycles. The Bertz CT molecular complexity index is 324. The van der Waals surface area contributed by atoms with Gasteiger partial charge in [0.05, 0.1) is 0 Å². The van der Waals surface area contributed by atoms with Crippen LogP contribution in [0.25, 0.3) is 0 Å². The molecule has 0 bridgehead atoms. The van der Waals surface area contributed by atoms with Crippen molar-refractivity contribution in [1.82, 2.24) is 19.7 Å². The fraction of sp³-hybridized carbons (Fsp3) is 0.750. The van der Waals surface area contributed by atoms with Crippen molar-refractivity contribution >= 4 is 21.9 Å².